The Balaban J connectivity index is 1.18. The van der Waals surface area contributed by atoms with Gasteiger partial charge in [-0.1, -0.05) is 133 Å². The van der Waals surface area contributed by atoms with Crippen molar-refractivity contribution in [3.8, 4) is 51.0 Å². The van der Waals surface area contributed by atoms with E-state index >= 15 is 0 Å². The SMILES string of the molecule is C1=Cc2c(n(-c3cccc(-c4nc(-c5ccccc5)nc(-c5cccc(-c6ccccc6)c5)n4)c3)c3c2ccc2c4ccccc4sc23)CC1. The summed E-state index contributed by atoms with van der Waals surface area (Å²) in [5.74, 6) is 1.96. The van der Waals surface area contributed by atoms with Gasteiger partial charge in [0.25, 0.3) is 0 Å². The maximum absolute atomic E-state index is 5.14. The second kappa shape index (κ2) is 11.8. The van der Waals surface area contributed by atoms with Crippen molar-refractivity contribution in [2.24, 2.45) is 0 Å². The third-order valence-corrected chi connectivity index (χ3v) is 10.9. The average Bonchev–Trinajstić information content (AvgIpc) is 3.75. The Hall–Kier alpha value is -6.17. The van der Waals surface area contributed by atoms with E-state index in [4.69, 9.17) is 15.0 Å². The number of aromatic nitrogens is 4. The van der Waals surface area contributed by atoms with Gasteiger partial charge in [-0.3, -0.25) is 0 Å². The van der Waals surface area contributed by atoms with Crippen LogP contribution in [0.2, 0.25) is 0 Å². The molecule has 0 unspecified atom stereocenters. The maximum atomic E-state index is 5.14. The van der Waals surface area contributed by atoms with E-state index in [0.29, 0.717) is 17.5 Å². The predicted molar refractivity (Wildman–Crippen MR) is 209 cm³/mol. The molecule has 0 atom stereocenters. The molecule has 5 heteroatoms. The molecule has 236 valence electrons. The number of fused-ring (bicyclic) bond motifs is 7. The van der Waals surface area contributed by atoms with Crippen molar-refractivity contribution in [1.82, 2.24) is 19.5 Å². The molecule has 0 spiro atoms. The molecule has 50 heavy (non-hydrogen) atoms. The first-order valence-corrected chi connectivity index (χ1v) is 17.8. The molecule has 1 aliphatic rings. The molecule has 0 radical (unpaired) electrons. The van der Waals surface area contributed by atoms with Gasteiger partial charge in [-0.15, -0.1) is 11.3 Å². The van der Waals surface area contributed by atoms with E-state index in [1.165, 1.54) is 42.3 Å². The largest absolute Gasteiger partial charge is 0.312 e. The smallest absolute Gasteiger partial charge is 0.164 e. The number of benzene rings is 6. The monoisotopic (exact) mass is 658 g/mol. The van der Waals surface area contributed by atoms with Crippen LogP contribution in [-0.4, -0.2) is 19.5 Å². The normalized spacial score (nSPS) is 12.6. The van der Waals surface area contributed by atoms with Crippen LogP contribution in [0.15, 0.2) is 152 Å². The van der Waals surface area contributed by atoms with Gasteiger partial charge in [0.2, 0.25) is 0 Å². The fourth-order valence-corrected chi connectivity index (χ4v) is 8.61. The Kier molecular flexibility index (Phi) is 6.78. The fraction of sp³-hybridized carbons (Fsp3) is 0.0444. The van der Waals surface area contributed by atoms with Crippen LogP contribution in [-0.2, 0) is 6.42 Å². The van der Waals surface area contributed by atoms with Crippen molar-refractivity contribution in [3.05, 3.63) is 163 Å². The highest BCUT2D eigenvalue weighted by atomic mass is 32.1. The summed E-state index contributed by atoms with van der Waals surface area (Å²) in [5, 5.41) is 3.92. The van der Waals surface area contributed by atoms with Crippen LogP contribution in [0.1, 0.15) is 17.7 Å². The molecule has 3 aromatic heterocycles. The number of hydrogen-bond acceptors (Lipinski definition) is 4. The van der Waals surface area contributed by atoms with Crippen LogP contribution in [0.4, 0.5) is 0 Å². The van der Waals surface area contributed by atoms with E-state index in [1.807, 2.05) is 35.6 Å². The highest BCUT2D eigenvalue weighted by Crippen LogP contribution is 2.43. The van der Waals surface area contributed by atoms with Gasteiger partial charge >= 0.3 is 0 Å². The maximum Gasteiger partial charge on any atom is 0.164 e. The Morgan fingerprint density at radius 1 is 0.500 bits per heavy atom. The van der Waals surface area contributed by atoms with Gasteiger partial charge in [0.15, 0.2) is 17.5 Å². The van der Waals surface area contributed by atoms with Crippen molar-refractivity contribution < 1.29 is 0 Å². The van der Waals surface area contributed by atoms with Crippen LogP contribution in [0.25, 0.3) is 88.1 Å². The van der Waals surface area contributed by atoms with Crippen LogP contribution >= 0.6 is 11.3 Å². The molecule has 0 bridgehead atoms. The molecule has 0 saturated heterocycles. The fourth-order valence-electron chi connectivity index (χ4n) is 7.37. The second-order valence-electron chi connectivity index (χ2n) is 12.7. The van der Waals surface area contributed by atoms with Crippen LogP contribution in [0, 0.1) is 0 Å². The third-order valence-electron chi connectivity index (χ3n) is 9.71. The summed E-state index contributed by atoms with van der Waals surface area (Å²) < 4.78 is 5.13. The summed E-state index contributed by atoms with van der Waals surface area (Å²) in [4.78, 5) is 15.3. The Morgan fingerprint density at radius 2 is 1.12 bits per heavy atom. The minimum atomic E-state index is 0.651. The standard InChI is InChI=1S/C45H30N4S/c1-3-13-29(14-4-1)31-17-11-18-32(27-31)44-46-43(30-15-5-2-6-16-30)47-45(48-44)33-19-12-20-34(28-33)49-39-23-9-7-21-35(39)37-25-26-38-36-22-8-10-24-40(36)50-42(38)41(37)49/h1-8,10-22,24-28H,9,23H2. The van der Waals surface area contributed by atoms with Crippen molar-refractivity contribution in [1.29, 1.82) is 0 Å². The van der Waals surface area contributed by atoms with Gasteiger partial charge in [0.1, 0.15) is 0 Å². The van der Waals surface area contributed by atoms with E-state index < -0.39 is 0 Å². The van der Waals surface area contributed by atoms with Gasteiger partial charge in [-0.25, -0.2) is 15.0 Å². The van der Waals surface area contributed by atoms with Gasteiger partial charge in [0, 0.05) is 54.5 Å². The predicted octanol–water partition coefficient (Wildman–Crippen LogP) is 11.8. The molecule has 10 rings (SSSR count). The van der Waals surface area contributed by atoms with E-state index in [9.17, 15) is 0 Å². The molecule has 0 aliphatic heterocycles. The zero-order valence-corrected chi connectivity index (χ0v) is 27.9. The highest BCUT2D eigenvalue weighted by Gasteiger charge is 2.23. The molecule has 0 fully saturated rings. The molecule has 6 aromatic carbocycles. The topological polar surface area (TPSA) is 43.6 Å². The van der Waals surface area contributed by atoms with E-state index in [2.05, 4.69) is 138 Å². The first-order chi connectivity index (χ1) is 24.8. The molecule has 0 amide bonds. The third kappa shape index (κ3) is 4.78. The number of allylic oxidation sites excluding steroid dienone is 1. The first kappa shape index (κ1) is 28.8. The quantitative estimate of drug-likeness (QED) is 0.185. The van der Waals surface area contributed by atoms with Crippen molar-refractivity contribution >= 4 is 48.5 Å². The zero-order valence-electron chi connectivity index (χ0n) is 27.1. The van der Waals surface area contributed by atoms with Crippen molar-refractivity contribution in [2.75, 3.05) is 0 Å². The molecule has 0 saturated carbocycles. The lowest BCUT2D eigenvalue weighted by Crippen LogP contribution is -2.04. The van der Waals surface area contributed by atoms with Crippen LogP contribution in [0.3, 0.4) is 0 Å². The first-order valence-electron chi connectivity index (χ1n) is 17.0. The van der Waals surface area contributed by atoms with Gasteiger partial charge in [-0.05, 0) is 48.2 Å². The summed E-state index contributed by atoms with van der Waals surface area (Å²) in [6, 6.07) is 51.2. The molecular formula is C45H30N4S. The number of nitrogens with zero attached hydrogens (tertiary/aromatic N) is 4. The molecule has 9 aromatic rings. The molecular weight excluding hydrogens is 629 g/mol. The van der Waals surface area contributed by atoms with Crippen LogP contribution in [0.5, 0.6) is 0 Å². The molecule has 3 heterocycles. The minimum Gasteiger partial charge on any atom is -0.312 e. The lowest BCUT2D eigenvalue weighted by Gasteiger charge is -2.15. The lowest BCUT2D eigenvalue weighted by atomic mass is 10.0. The zero-order chi connectivity index (χ0) is 33.0. The summed E-state index contributed by atoms with van der Waals surface area (Å²) in [6.45, 7) is 0. The Bertz CT molecular complexity index is 2760. The van der Waals surface area contributed by atoms with E-state index in [0.717, 1.165) is 46.3 Å². The molecule has 1 aliphatic carbocycles. The second-order valence-corrected chi connectivity index (χ2v) is 13.8. The Morgan fingerprint density at radius 3 is 1.92 bits per heavy atom. The summed E-state index contributed by atoms with van der Waals surface area (Å²) in [5.41, 5.74) is 10.2. The summed E-state index contributed by atoms with van der Waals surface area (Å²) >= 11 is 1.88. The van der Waals surface area contributed by atoms with E-state index in [-0.39, 0.29) is 0 Å². The lowest BCUT2D eigenvalue weighted by molar-refractivity contribution is 0.890. The number of hydrogen-bond donors (Lipinski definition) is 0. The average molecular weight is 659 g/mol. The summed E-state index contributed by atoms with van der Waals surface area (Å²) in [7, 11) is 0. The molecule has 0 N–H and O–H groups in total. The van der Waals surface area contributed by atoms with Gasteiger partial charge < -0.3 is 4.57 Å². The van der Waals surface area contributed by atoms with Gasteiger partial charge in [0.05, 0.1) is 10.2 Å². The number of rotatable bonds is 5. The summed E-state index contributed by atoms with van der Waals surface area (Å²) in [6.07, 6.45) is 6.64. The van der Waals surface area contributed by atoms with Gasteiger partial charge in [-0.2, -0.15) is 0 Å². The number of thiophene rings is 1. The highest BCUT2D eigenvalue weighted by molar-refractivity contribution is 7.26. The Labute approximate surface area is 293 Å². The van der Waals surface area contributed by atoms with Crippen LogP contribution < -0.4 is 0 Å². The van der Waals surface area contributed by atoms with E-state index in [1.54, 1.807) is 0 Å². The van der Waals surface area contributed by atoms with Crippen molar-refractivity contribution in [2.45, 2.75) is 12.8 Å². The minimum absolute atomic E-state index is 0.651. The molecule has 4 nitrogen and oxygen atoms in total. The van der Waals surface area contributed by atoms with Crippen molar-refractivity contribution in [3.63, 3.8) is 0 Å².